The maximum atomic E-state index is 14.5. The van der Waals surface area contributed by atoms with Gasteiger partial charge in [0.15, 0.2) is 17.5 Å². The Hall–Kier alpha value is -7.65. The van der Waals surface area contributed by atoms with E-state index in [1.165, 1.54) is 12.1 Å². The normalized spacial score (nSPS) is 11.4. The van der Waals surface area contributed by atoms with Crippen molar-refractivity contribution in [2.24, 2.45) is 0 Å². The van der Waals surface area contributed by atoms with Crippen LogP contribution in [0.1, 0.15) is 0 Å². The molecule has 0 aliphatic carbocycles. The lowest BCUT2D eigenvalue weighted by Gasteiger charge is -2.12. The van der Waals surface area contributed by atoms with Gasteiger partial charge in [-0.05, 0) is 84.9 Å². The minimum absolute atomic E-state index is 0.149. The van der Waals surface area contributed by atoms with E-state index in [0.29, 0.717) is 22.8 Å². The minimum Gasteiger partial charge on any atom is -0.292 e. The van der Waals surface area contributed by atoms with Crippen LogP contribution in [0.5, 0.6) is 0 Å². The maximum absolute atomic E-state index is 14.5. The third-order valence-corrected chi connectivity index (χ3v) is 9.71. The highest BCUT2D eigenvalue weighted by molar-refractivity contribution is 5.85. The number of rotatable bonds is 7. The summed E-state index contributed by atoms with van der Waals surface area (Å²) in [5.41, 5.74) is 9.11. The molecule has 0 aliphatic rings. The average molecular weight is 730 g/mol. The molecule has 0 fully saturated rings. The van der Waals surface area contributed by atoms with Crippen molar-refractivity contribution in [2.45, 2.75) is 0 Å². The van der Waals surface area contributed by atoms with Crippen LogP contribution in [0.15, 0.2) is 176 Å². The molecule has 9 heteroatoms. The van der Waals surface area contributed by atoms with E-state index in [1.807, 2.05) is 158 Å². The van der Waals surface area contributed by atoms with Crippen molar-refractivity contribution in [1.82, 2.24) is 34.1 Å². The number of hydrogen-bond acceptors (Lipinski definition) is 5. The molecule has 0 atom stereocenters. The van der Waals surface area contributed by atoms with Crippen molar-refractivity contribution >= 4 is 22.1 Å². The van der Waals surface area contributed by atoms with Crippen LogP contribution < -0.4 is 0 Å². The molecule has 0 bridgehead atoms. The number of halogens is 2. The Morgan fingerprint density at radius 2 is 0.696 bits per heavy atom. The van der Waals surface area contributed by atoms with Gasteiger partial charge in [0.05, 0.1) is 22.1 Å². The van der Waals surface area contributed by atoms with Gasteiger partial charge in [-0.25, -0.2) is 33.7 Å². The monoisotopic (exact) mass is 729 g/mol. The molecule has 0 amide bonds. The maximum Gasteiger partial charge on any atom is 0.164 e. The zero-order chi connectivity index (χ0) is 37.6. The fraction of sp³-hybridized carbons (Fsp3) is 0. The van der Waals surface area contributed by atoms with Crippen molar-refractivity contribution < 1.29 is 8.78 Å². The Labute approximate surface area is 319 Å². The molecule has 10 rings (SSSR count). The molecule has 0 radical (unpaired) electrons. The Balaban J connectivity index is 1.07. The van der Waals surface area contributed by atoms with Crippen LogP contribution in [-0.2, 0) is 0 Å². The largest absolute Gasteiger partial charge is 0.292 e. The summed E-state index contributed by atoms with van der Waals surface area (Å²) in [5.74, 6) is 1.06. The van der Waals surface area contributed by atoms with Crippen molar-refractivity contribution in [3.05, 3.63) is 188 Å². The first kappa shape index (κ1) is 33.0. The highest BCUT2D eigenvalue weighted by Gasteiger charge is 2.18. The zero-order valence-corrected chi connectivity index (χ0v) is 29.6. The summed E-state index contributed by atoms with van der Waals surface area (Å²) >= 11 is 0. The van der Waals surface area contributed by atoms with Crippen LogP contribution in [0.2, 0.25) is 0 Å². The van der Waals surface area contributed by atoms with E-state index < -0.39 is 11.6 Å². The summed E-state index contributed by atoms with van der Waals surface area (Å²) in [4.78, 5) is 24.3. The summed E-state index contributed by atoms with van der Waals surface area (Å²) in [6, 6.07) is 55.2. The Bertz CT molecular complexity index is 2830. The molecular formula is C47H29F2N7. The predicted molar refractivity (Wildman–Crippen MR) is 216 cm³/mol. The Kier molecular flexibility index (Phi) is 8.03. The number of aromatic nitrogens is 7. The topological polar surface area (TPSA) is 74.3 Å². The number of fused-ring (bicyclic) bond motifs is 2. The molecule has 56 heavy (non-hydrogen) atoms. The van der Waals surface area contributed by atoms with Gasteiger partial charge in [0.2, 0.25) is 0 Å². The molecule has 0 N–H and O–H groups in total. The van der Waals surface area contributed by atoms with Gasteiger partial charge in [-0.3, -0.25) is 9.13 Å². The van der Waals surface area contributed by atoms with Crippen LogP contribution in [-0.4, -0.2) is 34.1 Å². The van der Waals surface area contributed by atoms with Gasteiger partial charge in [-0.15, -0.1) is 0 Å². The summed E-state index contributed by atoms with van der Waals surface area (Å²) in [7, 11) is 0. The number of nitrogens with zero attached hydrogens (tertiary/aromatic N) is 7. The second-order valence-corrected chi connectivity index (χ2v) is 13.3. The fourth-order valence-electron chi connectivity index (χ4n) is 7.10. The van der Waals surface area contributed by atoms with Gasteiger partial charge < -0.3 is 0 Å². The lowest BCUT2D eigenvalue weighted by atomic mass is 10.1. The molecule has 3 aromatic heterocycles. The van der Waals surface area contributed by atoms with E-state index >= 15 is 0 Å². The van der Waals surface area contributed by atoms with Crippen molar-refractivity contribution in [1.29, 1.82) is 0 Å². The van der Waals surface area contributed by atoms with Crippen molar-refractivity contribution in [2.75, 3.05) is 0 Å². The van der Waals surface area contributed by atoms with E-state index in [9.17, 15) is 8.78 Å². The van der Waals surface area contributed by atoms with Crippen LogP contribution in [0.4, 0.5) is 8.78 Å². The van der Waals surface area contributed by atoms with Crippen molar-refractivity contribution in [3.63, 3.8) is 0 Å². The highest BCUT2D eigenvalue weighted by atomic mass is 19.1. The second-order valence-electron chi connectivity index (χ2n) is 13.3. The van der Waals surface area contributed by atoms with E-state index in [2.05, 4.69) is 9.13 Å². The molecule has 0 unspecified atom stereocenters. The lowest BCUT2D eigenvalue weighted by molar-refractivity contribution is 0.584. The first-order valence-electron chi connectivity index (χ1n) is 18.1. The molecule has 7 aromatic carbocycles. The third-order valence-electron chi connectivity index (χ3n) is 9.71. The quantitative estimate of drug-likeness (QED) is 0.163. The summed E-state index contributed by atoms with van der Waals surface area (Å²) < 4.78 is 33.3. The molecule has 0 saturated carbocycles. The molecule has 7 nitrogen and oxygen atoms in total. The van der Waals surface area contributed by atoms with Gasteiger partial charge in [0.1, 0.15) is 23.3 Å². The van der Waals surface area contributed by atoms with Crippen LogP contribution >= 0.6 is 0 Å². The minimum atomic E-state index is -0.722. The number of imidazole rings is 2. The zero-order valence-electron chi connectivity index (χ0n) is 29.6. The fourth-order valence-corrected chi connectivity index (χ4v) is 7.10. The Morgan fingerprint density at radius 1 is 0.321 bits per heavy atom. The summed E-state index contributed by atoms with van der Waals surface area (Å²) in [5, 5.41) is 0. The first-order valence-corrected chi connectivity index (χ1v) is 18.1. The first-order chi connectivity index (χ1) is 27.6. The van der Waals surface area contributed by atoms with Gasteiger partial charge >= 0.3 is 0 Å². The predicted octanol–water partition coefficient (Wildman–Crippen LogP) is 11.2. The van der Waals surface area contributed by atoms with Crippen LogP contribution in [0, 0.1) is 11.6 Å². The average Bonchev–Trinajstić information content (AvgIpc) is 3.84. The van der Waals surface area contributed by atoms with E-state index in [4.69, 9.17) is 24.9 Å². The van der Waals surface area contributed by atoms with Crippen LogP contribution in [0.3, 0.4) is 0 Å². The summed E-state index contributed by atoms with van der Waals surface area (Å²) in [6.45, 7) is 0. The molecule has 3 heterocycles. The number of hydrogen-bond donors (Lipinski definition) is 0. The molecular weight excluding hydrogens is 701 g/mol. The van der Waals surface area contributed by atoms with Gasteiger partial charge in [0.25, 0.3) is 0 Å². The second kappa shape index (κ2) is 13.6. The molecule has 0 spiro atoms. The Morgan fingerprint density at radius 3 is 1.12 bits per heavy atom. The standard InChI is InChI=1S/C47H29F2N7/c48-35-27-34(28-36(49)29-35)45-53-43(30-19-23-37(24-20-30)55-41-17-9-7-15-39(41)50-46(55)32-11-3-1-4-12-32)52-44(54-45)31-21-25-38(26-22-31)56-42-18-10-8-16-40(42)51-47(56)33-13-5-2-6-14-33/h1-29H. The van der Waals surface area contributed by atoms with E-state index in [1.54, 1.807) is 0 Å². The smallest absolute Gasteiger partial charge is 0.164 e. The lowest BCUT2D eigenvalue weighted by Crippen LogP contribution is -2.02. The van der Waals surface area contributed by atoms with Gasteiger partial charge in [-0.1, -0.05) is 84.9 Å². The van der Waals surface area contributed by atoms with E-state index in [-0.39, 0.29) is 11.4 Å². The highest BCUT2D eigenvalue weighted by Crippen LogP contribution is 2.33. The third kappa shape index (κ3) is 5.97. The number of benzene rings is 7. The molecule has 266 valence electrons. The van der Waals surface area contributed by atoms with Crippen molar-refractivity contribution in [3.8, 4) is 68.3 Å². The molecule has 10 aromatic rings. The van der Waals surface area contributed by atoms with Crippen LogP contribution in [0.25, 0.3) is 90.4 Å². The SMILES string of the molecule is Fc1cc(F)cc(-c2nc(-c3ccc(-n4c(-c5ccccc5)nc5ccccc54)cc3)nc(-c3ccc(-n4c(-c5ccccc5)nc5ccccc54)cc3)n2)c1. The van der Waals surface area contributed by atoms with Gasteiger partial charge in [0, 0.05) is 45.3 Å². The molecule has 0 aliphatic heterocycles. The number of para-hydroxylation sites is 4. The summed E-state index contributed by atoms with van der Waals surface area (Å²) in [6.07, 6.45) is 0. The van der Waals surface area contributed by atoms with Gasteiger partial charge in [-0.2, -0.15) is 0 Å². The van der Waals surface area contributed by atoms with E-state index in [0.717, 1.165) is 62.3 Å². The molecule has 0 saturated heterocycles.